The summed E-state index contributed by atoms with van der Waals surface area (Å²) in [5.41, 5.74) is 0. The topological polar surface area (TPSA) is 95.9 Å². The Hall–Kier alpha value is -2.18. The zero-order chi connectivity index (χ0) is 57.1. The maximum absolute atomic E-state index is 12.5. The molecule has 0 spiro atoms. The molecule has 0 saturated carbocycles. The Morgan fingerprint density at radius 1 is 0.354 bits per heavy atom. The molecule has 2 atom stereocenters. The smallest absolute Gasteiger partial charge is 0.305 e. The van der Waals surface area contributed by atoms with Crippen molar-refractivity contribution in [1.29, 1.82) is 0 Å². The minimum absolute atomic E-state index is 0.00418. The van der Waals surface area contributed by atoms with Gasteiger partial charge in [0.05, 0.1) is 25.4 Å². The molecule has 0 fully saturated rings. The second kappa shape index (κ2) is 68.3. The molecule has 2 unspecified atom stereocenters. The van der Waals surface area contributed by atoms with Gasteiger partial charge in [0, 0.05) is 12.8 Å². The lowest BCUT2D eigenvalue weighted by molar-refractivity contribution is -0.143. The first kappa shape index (κ1) is 76.8. The molecule has 0 aromatic carbocycles. The molecule has 79 heavy (non-hydrogen) atoms. The Bertz CT molecular complexity index is 1320. The van der Waals surface area contributed by atoms with E-state index in [1.807, 2.05) is 6.08 Å². The largest absolute Gasteiger partial charge is 0.466 e. The quantitative estimate of drug-likeness (QED) is 0.0320. The van der Waals surface area contributed by atoms with E-state index in [0.29, 0.717) is 19.4 Å². The first-order chi connectivity index (χ1) is 39.0. The second-order valence-electron chi connectivity index (χ2n) is 24.2. The van der Waals surface area contributed by atoms with E-state index in [-0.39, 0.29) is 18.5 Å². The van der Waals surface area contributed by atoms with Crippen molar-refractivity contribution in [2.24, 2.45) is 0 Å². The summed E-state index contributed by atoms with van der Waals surface area (Å²) in [6.07, 6.45) is 88.9. The average Bonchev–Trinajstić information content (AvgIpc) is 3.45. The molecule has 0 saturated heterocycles. The van der Waals surface area contributed by atoms with Gasteiger partial charge in [-0.15, -0.1) is 0 Å². The van der Waals surface area contributed by atoms with Crippen molar-refractivity contribution in [3.05, 3.63) is 48.6 Å². The molecule has 0 radical (unpaired) electrons. The molecule has 0 aliphatic carbocycles. The van der Waals surface area contributed by atoms with Gasteiger partial charge in [0.15, 0.2) is 0 Å². The highest BCUT2D eigenvalue weighted by atomic mass is 16.5. The van der Waals surface area contributed by atoms with E-state index in [0.717, 1.165) is 57.8 Å². The van der Waals surface area contributed by atoms with Crippen LogP contribution < -0.4 is 5.32 Å². The number of allylic oxidation sites excluding steroid dienone is 7. The number of rotatable bonds is 66. The molecular weight excluding hydrogens is 971 g/mol. The molecule has 0 aromatic rings. The third-order valence-electron chi connectivity index (χ3n) is 16.3. The van der Waals surface area contributed by atoms with Crippen molar-refractivity contribution < 1.29 is 24.5 Å². The number of esters is 1. The molecule has 0 aliphatic heterocycles. The van der Waals surface area contributed by atoms with Crippen LogP contribution >= 0.6 is 0 Å². The van der Waals surface area contributed by atoms with E-state index in [9.17, 15) is 19.8 Å². The zero-order valence-electron chi connectivity index (χ0n) is 53.1. The van der Waals surface area contributed by atoms with Gasteiger partial charge in [0.2, 0.25) is 5.91 Å². The number of aliphatic hydroxyl groups excluding tert-OH is 2. The number of carbonyl (C=O) groups excluding carboxylic acids is 2. The number of hydrogen-bond donors (Lipinski definition) is 3. The van der Waals surface area contributed by atoms with E-state index >= 15 is 0 Å². The summed E-state index contributed by atoms with van der Waals surface area (Å²) in [6, 6.07) is -0.636. The number of nitrogens with one attached hydrogen (secondary N) is 1. The Labute approximate surface area is 493 Å². The Balaban J connectivity index is 3.44. The molecule has 6 nitrogen and oxygen atoms in total. The van der Waals surface area contributed by atoms with Crippen molar-refractivity contribution >= 4 is 11.9 Å². The average molecular weight is 1110 g/mol. The lowest BCUT2D eigenvalue weighted by atomic mass is 10.0. The molecule has 464 valence electrons. The van der Waals surface area contributed by atoms with Crippen LogP contribution in [0, 0.1) is 0 Å². The minimum Gasteiger partial charge on any atom is -0.466 e. The molecule has 6 heteroatoms. The Morgan fingerprint density at radius 3 is 1.00 bits per heavy atom. The fourth-order valence-corrected chi connectivity index (χ4v) is 10.9. The number of amides is 1. The monoisotopic (exact) mass is 1110 g/mol. The summed E-state index contributed by atoms with van der Waals surface area (Å²) < 4.78 is 5.50. The fraction of sp³-hybridized carbons (Fsp3) is 0.863. The first-order valence-electron chi connectivity index (χ1n) is 35.4. The van der Waals surface area contributed by atoms with Crippen LogP contribution in [0.15, 0.2) is 48.6 Å². The van der Waals surface area contributed by atoms with E-state index < -0.39 is 12.1 Å². The summed E-state index contributed by atoms with van der Waals surface area (Å²) in [4.78, 5) is 24.6. The highest BCUT2D eigenvalue weighted by molar-refractivity contribution is 5.76. The second-order valence-corrected chi connectivity index (χ2v) is 24.2. The highest BCUT2D eigenvalue weighted by Gasteiger charge is 2.18. The Morgan fingerprint density at radius 2 is 0.633 bits per heavy atom. The fourth-order valence-electron chi connectivity index (χ4n) is 10.9. The van der Waals surface area contributed by atoms with Crippen LogP contribution in [0.1, 0.15) is 380 Å². The van der Waals surface area contributed by atoms with Gasteiger partial charge in [0.1, 0.15) is 0 Å². The van der Waals surface area contributed by atoms with Crippen molar-refractivity contribution in [2.45, 2.75) is 392 Å². The summed E-state index contributed by atoms with van der Waals surface area (Å²) >= 11 is 0. The number of carbonyl (C=O) groups is 2. The van der Waals surface area contributed by atoms with E-state index in [2.05, 4.69) is 55.6 Å². The first-order valence-corrected chi connectivity index (χ1v) is 35.4. The number of ether oxygens (including phenoxy) is 1. The highest BCUT2D eigenvalue weighted by Crippen LogP contribution is 2.18. The van der Waals surface area contributed by atoms with Gasteiger partial charge < -0.3 is 20.3 Å². The predicted octanol–water partition coefficient (Wildman–Crippen LogP) is 22.9. The van der Waals surface area contributed by atoms with Gasteiger partial charge in [0.25, 0.3) is 0 Å². The summed E-state index contributed by atoms with van der Waals surface area (Å²) in [5.74, 6) is -0.0686. The summed E-state index contributed by atoms with van der Waals surface area (Å²) in [6.45, 7) is 4.90. The van der Waals surface area contributed by atoms with Crippen molar-refractivity contribution in [3.63, 3.8) is 0 Å². The molecule has 0 heterocycles. The van der Waals surface area contributed by atoms with Gasteiger partial charge >= 0.3 is 5.97 Å². The van der Waals surface area contributed by atoms with E-state index in [1.54, 1.807) is 6.08 Å². The van der Waals surface area contributed by atoms with Crippen LogP contribution in [0.5, 0.6) is 0 Å². The van der Waals surface area contributed by atoms with Crippen LogP contribution in [0.3, 0.4) is 0 Å². The van der Waals surface area contributed by atoms with Gasteiger partial charge in [-0.25, -0.2) is 0 Å². The molecule has 1 amide bonds. The van der Waals surface area contributed by atoms with Crippen LogP contribution in [0.4, 0.5) is 0 Å². The van der Waals surface area contributed by atoms with Crippen molar-refractivity contribution in [3.8, 4) is 0 Å². The van der Waals surface area contributed by atoms with Crippen LogP contribution in [-0.4, -0.2) is 47.4 Å². The lowest BCUT2D eigenvalue weighted by Gasteiger charge is -2.20. The van der Waals surface area contributed by atoms with E-state index in [4.69, 9.17) is 4.74 Å². The van der Waals surface area contributed by atoms with Gasteiger partial charge in [-0.05, 0) is 89.9 Å². The number of hydrogen-bond acceptors (Lipinski definition) is 5. The molecule has 3 N–H and O–H groups in total. The number of aliphatic hydroxyl groups is 2. The maximum atomic E-state index is 12.5. The molecule has 0 bridgehead atoms. The van der Waals surface area contributed by atoms with Crippen LogP contribution in [0.2, 0.25) is 0 Å². The molecule has 0 aliphatic rings. The van der Waals surface area contributed by atoms with Gasteiger partial charge in [-0.2, -0.15) is 0 Å². The van der Waals surface area contributed by atoms with Gasteiger partial charge in [-0.1, -0.05) is 326 Å². The SMILES string of the molecule is CCCCC/C=C\C/C=C\CCCCCCCCCCCC(=O)OCCCCCCCCCCCC/C=C\CCCCCCCCCC(=O)NC(CO)C(O)/C=C/CCCCCCCCCCCCCCCCCCCCCC. The third kappa shape index (κ3) is 64.8. The zero-order valence-corrected chi connectivity index (χ0v) is 53.1. The standard InChI is InChI=1S/C73H137NO5/c1-3-5-7-9-11-13-15-17-19-21-23-24-26-30-33-37-41-45-49-53-57-61-65-71(76)70(69-75)74-72(77)66-62-58-54-50-46-42-38-34-31-27-25-28-32-36-40-44-48-52-56-60-64-68-79-73(78)67-63-59-55-51-47-43-39-35-29-22-20-18-16-14-12-10-8-6-4-2/h12,14,18,20,27,31,61,65,70-71,75-76H,3-11,13,15-17,19,21-26,28-30,32-60,62-64,66-69H2,1-2H3,(H,74,77)/b14-12-,20-18-,31-27-,65-61+. The van der Waals surface area contributed by atoms with E-state index in [1.165, 1.54) is 295 Å². The normalized spacial score (nSPS) is 12.8. The maximum Gasteiger partial charge on any atom is 0.305 e. The molecule has 0 rings (SSSR count). The molecular formula is C73H137NO5. The lowest BCUT2D eigenvalue weighted by Crippen LogP contribution is -2.45. The predicted molar refractivity (Wildman–Crippen MR) is 347 cm³/mol. The number of unbranched alkanes of at least 4 members (excludes halogenated alkanes) is 49. The minimum atomic E-state index is -0.852. The molecule has 0 aromatic heterocycles. The summed E-state index contributed by atoms with van der Waals surface area (Å²) in [7, 11) is 0. The van der Waals surface area contributed by atoms with Gasteiger partial charge in [-0.3, -0.25) is 9.59 Å². The van der Waals surface area contributed by atoms with Crippen molar-refractivity contribution in [2.75, 3.05) is 13.2 Å². The van der Waals surface area contributed by atoms with Crippen LogP contribution in [0.25, 0.3) is 0 Å². The summed E-state index contributed by atoms with van der Waals surface area (Å²) in [5, 5.41) is 23.2. The van der Waals surface area contributed by atoms with Crippen molar-refractivity contribution in [1.82, 2.24) is 5.32 Å². The third-order valence-corrected chi connectivity index (χ3v) is 16.3. The van der Waals surface area contributed by atoms with Crippen LogP contribution in [-0.2, 0) is 14.3 Å². The Kier molecular flexibility index (Phi) is 66.4.